The molecule has 0 aromatic heterocycles. The van der Waals surface area contributed by atoms with Crippen molar-refractivity contribution in [1.29, 1.82) is 0 Å². The summed E-state index contributed by atoms with van der Waals surface area (Å²) in [6, 6.07) is -13.8. The Morgan fingerprint density at radius 2 is 0.786 bits per heavy atom. The molecule has 0 aromatic rings. The summed E-state index contributed by atoms with van der Waals surface area (Å²) in [7, 11) is 0. The van der Waals surface area contributed by atoms with Crippen LogP contribution in [0.5, 0.6) is 0 Å². The minimum absolute atomic E-state index is 0. The predicted molar refractivity (Wildman–Crippen MR) is 420 cm³/mol. The molecule has 1 fully saturated rings. The first kappa shape index (κ1) is 109. The quantitative estimate of drug-likeness (QED) is 0.0153. The minimum Gasteiger partial charge on any atom is -0.481 e. The topological polar surface area (TPSA) is 659 Å². The second-order valence-corrected chi connectivity index (χ2v) is 28.9. The Bertz CT molecular complexity index is 3200. The van der Waals surface area contributed by atoms with Gasteiger partial charge in [-0.1, -0.05) is 54.4 Å². The number of carbonyl (C=O) groups is 18. The van der Waals surface area contributed by atoms with E-state index in [9.17, 15) is 112 Å². The van der Waals surface area contributed by atoms with Gasteiger partial charge in [-0.25, -0.2) is 4.79 Å². The van der Waals surface area contributed by atoms with Gasteiger partial charge in [0.05, 0.1) is 72.2 Å². The minimum atomic E-state index is -1.89. The first-order chi connectivity index (χ1) is 54.8. The molecule has 0 unspecified atom stereocenters. The Kier molecular flexibility index (Phi) is 57.3. The summed E-state index contributed by atoms with van der Waals surface area (Å²) < 4.78 is 16.5. The van der Waals surface area contributed by atoms with E-state index in [0.29, 0.717) is 0 Å². The number of nitrogens with one attached hydrogen (secondary N) is 11. The van der Waals surface area contributed by atoms with E-state index in [1.54, 1.807) is 61.1 Å². The van der Waals surface area contributed by atoms with E-state index >= 15 is 0 Å². The van der Waals surface area contributed by atoms with Gasteiger partial charge in [0, 0.05) is 83.1 Å². The van der Waals surface area contributed by atoms with Crippen molar-refractivity contribution in [3.8, 4) is 0 Å². The summed E-state index contributed by atoms with van der Waals surface area (Å²) in [5.41, 5.74) is 16.6. The number of aliphatic carboxylic acids is 5. The molecule has 1 aliphatic rings. The first-order valence-corrected chi connectivity index (χ1v) is 39.5. The summed E-state index contributed by atoms with van der Waals surface area (Å²) in [5, 5.41) is 74.3. The van der Waals surface area contributed by atoms with Crippen LogP contribution >= 0.6 is 25.3 Å². The Labute approximate surface area is 722 Å². The van der Waals surface area contributed by atoms with E-state index in [0.717, 1.165) is 0 Å². The van der Waals surface area contributed by atoms with Crippen LogP contribution in [0.15, 0.2) is 0 Å². The fourth-order valence-electron chi connectivity index (χ4n) is 11.3. The van der Waals surface area contributed by atoms with Gasteiger partial charge in [0.1, 0.15) is 61.1 Å². The Morgan fingerprint density at radius 1 is 0.393 bits per heavy atom. The van der Waals surface area contributed by atoms with Crippen LogP contribution in [0.4, 0.5) is 0 Å². The second-order valence-electron chi connectivity index (χ2n) is 28.1. The number of hydrogen-bond donors (Lipinski definition) is 21. The van der Waals surface area contributed by atoms with Crippen LogP contribution in [-0.4, -0.2) is 349 Å². The zero-order valence-corrected chi connectivity index (χ0v) is 71.1. The maximum Gasteiger partial charge on any atom is 3.00 e. The number of thiol groups is 2. The van der Waals surface area contributed by atoms with Gasteiger partial charge >= 0.3 is 69.8 Å². The summed E-state index contributed by atoms with van der Waals surface area (Å²) in [4.78, 5) is 240. The van der Waals surface area contributed by atoms with Gasteiger partial charge < -0.3 is 115 Å². The summed E-state index contributed by atoms with van der Waals surface area (Å²) >= 11 is 8.07. The molecule has 11 atom stereocenters. The van der Waals surface area contributed by atoms with E-state index in [-0.39, 0.29) is 221 Å². The molecule has 1 saturated heterocycles. The number of amides is 13. The number of hydrogen-bond acceptors (Lipinski definition) is 28. The molecule has 44 nitrogen and oxygen atoms in total. The molecule has 0 bridgehead atoms. The average Bonchev–Trinajstić information content (AvgIpc) is 0.840. The third-order valence-electron chi connectivity index (χ3n) is 18.2. The summed E-state index contributed by atoms with van der Waals surface area (Å²) in [6.45, 7) is 10.5. The molecule has 0 aliphatic carbocycles. The van der Waals surface area contributed by atoms with Crippen LogP contribution in [0.25, 0.3) is 0 Å². The van der Waals surface area contributed by atoms with E-state index in [4.69, 9.17) is 31.4 Å². The van der Waals surface area contributed by atoms with Crippen molar-refractivity contribution in [3.05, 3.63) is 0 Å². The molecule has 117 heavy (non-hydrogen) atoms. The van der Waals surface area contributed by atoms with Gasteiger partial charge in [-0.05, 0) is 62.8 Å². The van der Waals surface area contributed by atoms with Gasteiger partial charge in [-0.15, -0.1) is 0 Å². The largest absolute Gasteiger partial charge is 3.00 e. The summed E-state index contributed by atoms with van der Waals surface area (Å²) in [6.07, 6.45) is -2.57. The number of carbonyl (C=O) groups excluding carboxylic acids is 13. The van der Waals surface area contributed by atoms with Crippen molar-refractivity contribution in [1.82, 2.24) is 78.1 Å². The van der Waals surface area contributed by atoms with E-state index in [2.05, 4.69) is 83.7 Å². The Morgan fingerprint density at radius 3 is 1.21 bits per heavy atom. The molecular weight excluding hydrogens is 1730 g/mol. The number of carboxylic acids is 5. The average molecular weight is 1850 g/mol. The molecule has 665 valence electrons. The number of ether oxygens (including phenoxy) is 3. The molecule has 47 heteroatoms. The molecule has 13 amide bonds. The number of carboxylic acid groups (broad SMARTS) is 5. The van der Waals surface area contributed by atoms with Gasteiger partial charge in [0.15, 0.2) is 0 Å². The van der Waals surface area contributed by atoms with E-state index in [1.807, 2.05) is 0 Å². The number of nitrogens with two attached hydrogens (primary N) is 3. The van der Waals surface area contributed by atoms with Gasteiger partial charge in [0.2, 0.25) is 76.8 Å². The zero-order chi connectivity index (χ0) is 87.6. The van der Waals surface area contributed by atoms with Crippen LogP contribution in [-0.2, 0) is 101 Å². The number of rotatable bonds is 59. The molecule has 1 heterocycles. The van der Waals surface area contributed by atoms with Crippen LogP contribution in [0, 0.1) is 57.7 Å². The van der Waals surface area contributed by atoms with E-state index < -0.39 is 217 Å². The number of primary amides is 2. The molecule has 0 saturated carbocycles. The maximum absolute atomic E-state index is 14.5. The van der Waals surface area contributed by atoms with Gasteiger partial charge in [-0.3, -0.25) is 101 Å². The smallest absolute Gasteiger partial charge is 0.481 e. The zero-order valence-electron chi connectivity index (χ0n) is 67.0. The predicted octanol–water partition coefficient (Wildman–Crippen LogP) is -7.33. The molecule has 0 spiro atoms. The number of unbranched alkanes of at least 4 members (excludes halogenated alkanes) is 1. The van der Waals surface area contributed by atoms with Gasteiger partial charge in [-0.2, -0.15) is 25.3 Å². The Balaban J connectivity index is 0.000135. The van der Waals surface area contributed by atoms with Crippen molar-refractivity contribution >= 4 is 132 Å². The van der Waals surface area contributed by atoms with Crippen LogP contribution in [0.2, 0.25) is 0 Å². The molecule has 22 N–H and O–H groups in total. The maximum atomic E-state index is 14.5. The fourth-order valence-corrected chi connectivity index (χ4v) is 11.8. The number of nitrogens with zero attached hydrogens (tertiary/aromatic N) is 4. The fraction of sp³-hybridized carbons (Fsp3) is 0.743. The first-order valence-electron chi connectivity index (χ1n) is 38.2. The SMILES string of the molecule is CC[C@H](C)[C@H](NC(=O)[C@H](CC(C)C)NC(=O)CNC(=O)[C@H](CS)NC(=O)CCOCCOCCOCNC(=O)CN1CCN(CC(=O)O)CCN(CC(=O)O)CCN(CC(=O)O)CC1)C(=O)N[C@H](C(=O)N[C@@H](CCC(N)=O)C(=O)N[C@@H](CCCCN)C(=O)N[C@@H](CC(N)=O)C(=O)N[C@@H](CCC(=O)O)C(=O)N[C@@H](CS)C(=O)O)[C@@H](C)CC.[Gd+3]. The monoisotopic (exact) mass is 1850 g/mol. The van der Waals surface area contributed by atoms with Crippen LogP contribution < -0.4 is 75.7 Å². The molecule has 0 aromatic carbocycles. The second kappa shape index (κ2) is 61.5. The molecular formula is C70H122GdN18O26S2+3. The van der Waals surface area contributed by atoms with Crippen LogP contribution in [0.1, 0.15) is 119 Å². The summed E-state index contributed by atoms with van der Waals surface area (Å²) in [5.74, 6) is -20.3. The van der Waals surface area contributed by atoms with Crippen molar-refractivity contribution in [2.45, 2.75) is 173 Å². The Hall–Kier alpha value is -7.84. The van der Waals surface area contributed by atoms with Crippen molar-refractivity contribution in [2.75, 3.05) is 143 Å². The third-order valence-corrected chi connectivity index (χ3v) is 18.9. The molecule has 1 radical (unpaired) electrons. The standard InChI is InChI=1S/C70H122N18O26S2.Gd/c1-7-42(5)60(68(108)80-45(12-14-51(72)89)64(104)78-44(11-9-10-17-71)63(103)81-48(32-52(73)90)66(106)79-46(13-15-56(94)95)65(105)82-50(39-116)70(110)111)84-69(109)61(43(6)8-2)83-67(107)47(31-41(3)4)76-54(92)33-74-62(102)49(38-115)77-53(91)16-26-112-27-28-113-29-30-114-40-75-55(93)34-85-18-20-86(35-57(96)97)22-24-88(37-59(100)101)25-23-87(21-19-85)36-58(98)99;/h41-50,60-61,115-116H,7-40,71H2,1-6H3,(H2,72,89)(H2,73,90)(H,74,102)(H,75,93)(H,76,92)(H,77,91)(H,78,104)(H,79,106)(H,80,108)(H,81,103)(H,82,105)(H,83,107)(H,84,109)(H,94,95)(H,96,97)(H,98,99)(H,100,101)(H,110,111);/q;+3/t42-,43-,44-,45-,46-,47-,48-,49-,50-,60-,61-;/m0./s1. The third kappa shape index (κ3) is 48.7. The van der Waals surface area contributed by atoms with Gasteiger partial charge in [0.25, 0.3) is 0 Å². The van der Waals surface area contributed by atoms with Crippen molar-refractivity contribution < 1.29 is 166 Å². The molecule has 1 aliphatic heterocycles. The normalized spacial score (nSPS) is 15.9. The van der Waals surface area contributed by atoms with Crippen molar-refractivity contribution in [2.24, 2.45) is 35.0 Å². The van der Waals surface area contributed by atoms with E-state index in [1.165, 1.54) is 0 Å². The molecule has 1 rings (SSSR count). The van der Waals surface area contributed by atoms with Crippen LogP contribution in [0.3, 0.4) is 0 Å². The van der Waals surface area contributed by atoms with Crippen molar-refractivity contribution in [3.63, 3.8) is 0 Å².